The second-order valence-electron chi connectivity index (χ2n) is 15.9. The molecular weight excluding hydrogens is 791 g/mol. The number of ether oxygens (including phenoxy) is 4. The molecule has 0 fully saturated rings. The smallest absolute Gasteiger partial charge is 0.361 e. The number of rotatable bonds is 40. The van der Waals surface area contributed by atoms with Gasteiger partial charge in [0.25, 0.3) is 6.29 Å². The Morgan fingerprint density at radius 2 is 0.857 bits per heavy atom. The lowest BCUT2D eigenvalue weighted by molar-refractivity contribution is -0.870. The van der Waals surface area contributed by atoms with Gasteiger partial charge in [-0.3, -0.25) is 9.59 Å². The van der Waals surface area contributed by atoms with Gasteiger partial charge in [-0.05, 0) is 103 Å². The van der Waals surface area contributed by atoms with E-state index in [-0.39, 0.29) is 32.7 Å². The second-order valence-corrected chi connectivity index (χ2v) is 15.9. The molecule has 0 aliphatic rings. The molecule has 0 bridgehead atoms. The van der Waals surface area contributed by atoms with Crippen molar-refractivity contribution in [3.63, 3.8) is 0 Å². The van der Waals surface area contributed by atoms with Crippen LogP contribution in [-0.2, 0) is 33.3 Å². The summed E-state index contributed by atoms with van der Waals surface area (Å²) >= 11 is 0. The number of hydrogen-bond acceptors (Lipinski definition) is 7. The monoisotopic (exact) mass is 875 g/mol. The Labute approximate surface area is 382 Å². The van der Waals surface area contributed by atoms with Crippen molar-refractivity contribution in [1.82, 2.24) is 0 Å². The molecule has 0 radical (unpaired) electrons. The van der Waals surface area contributed by atoms with Crippen molar-refractivity contribution < 1.29 is 42.9 Å². The van der Waals surface area contributed by atoms with E-state index in [9.17, 15) is 19.5 Å². The van der Waals surface area contributed by atoms with E-state index in [1.54, 1.807) is 0 Å². The van der Waals surface area contributed by atoms with Crippen molar-refractivity contribution >= 4 is 17.9 Å². The maximum atomic E-state index is 12.8. The number of esters is 2. The third-order valence-corrected chi connectivity index (χ3v) is 8.90. The van der Waals surface area contributed by atoms with Crippen molar-refractivity contribution in [2.75, 3.05) is 47.5 Å². The second kappa shape index (κ2) is 44.1. The van der Waals surface area contributed by atoms with Gasteiger partial charge in [0.2, 0.25) is 0 Å². The van der Waals surface area contributed by atoms with Crippen LogP contribution in [0.1, 0.15) is 129 Å². The number of unbranched alkanes of at least 4 members (excludes halogenated alkanes) is 3. The van der Waals surface area contributed by atoms with E-state index in [1.807, 2.05) is 27.2 Å². The lowest BCUT2D eigenvalue weighted by atomic mass is 10.2. The summed E-state index contributed by atoms with van der Waals surface area (Å²) in [5, 5.41) is 9.64. The molecule has 0 aromatic carbocycles. The summed E-state index contributed by atoms with van der Waals surface area (Å²) in [5.74, 6) is -2.17. The van der Waals surface area contributed by atoms with Crippen LogP contribution in [0.5, 0.6) is 0 Å². The molecule has 0 aliphatic carbocycles. The minimum absolute atomic E-state index is 0.161. The van der Waals surface area contributed by atoms with Crippen LogP contribution in [0, 0.1) is 0 Å². The normalized spacial score (nSPS) is 14.1. The lowest BCUT2D eigenvalue weighted by Gasteiger charge is -2.25. The lowest BCUT2D eigenvalue weighted by Crippen LogP contribution is -2.40. The average Bonchev–Trinajstić information content (AvgIpc) is 3.24. The van der Waals surface area contributed by atoms with E-state index < -0.39 is 30.3 Å². The van der Waals surface area contributed by atoms with E-state index in [1.165, 1.54) is 0 Å². The molecule has 0 aromatic heterocycles. The Morgan fingerprint density at radius 3 is 1.25 bits per heavy atom. The zero-order valence-corrected chi connectivity index (χ0v) is 39.7. The summed E-state index contributed by atoms with van der Waals surface area (Å²) in [6.45, 7) is 4.48. The van der Waals surface area contributed by atoms with Gasteiger partial charge in [-0.25, -0.2) is 4.79 Å². The van der Waals surface area contributed by atoms with Crippen LogP contribution >= 0.6 is 0 Å². The number of carbonyl (C=O) groups excluding carboxylic acids is 2. The van der Waals surface area contributed by atoms with Crippen LogP contribution in [0.25, 0.3) is 0 Å². The van der Waals surface area contributed by atoms with Gasteiger partial charge in [-0.15, -0.1) is 0 Å². The molecule has 1 N–H and O–H groups in total. The Balaban J connectivity index is 4.61. The Kier molecular flexibility index (Phi) is 40.9. The number of allylic oxidation sites excluding steroid dienone is 22. The summed E-state index contributed by atoms with van der Waals surface area (Å²) < 4.78 is 22.6. The van der Waals surface area contributed by atoms with Crippen molar-refractivity contribution in [3.05, 3.63) is 134 Å². The molecule has 0 saturated heterocycles. The van der Waals surface area contributed by atoms with E-state index in [0.717, 1.165) is 83.5 Å². The van der Waals surface area contributed by atoms with E-state index >= 15 is 0 Å². The number of carbonyl (C=O) groups is 3. The van der Waals surface area contributed by atoms with Gasteiger partial charge < -0.3 is 28.5 Å². The zero-order chi connectivity index (χ0) is 46.3. The zero-order valence-electron chi connectivity index (χ0n) is 39.7. The van der Waals surface area contributed by atoms with E-state index in [4.69, 9.17) is 18.9 Å². The number of carboxylic acid groups (broad SMARTS) is 1. The predicted molar refractivity (Wildman–Crippen MR) is 262 cm³/mol. The molecule has 63 heavy (non-hydrogen) atoms. The van der Waals surface area contributed by atoms with Crippen LogP contribution in [0.3, 0.4) is 0 Å². The van der Waals surface area contributed by atoms with Gasteiger partial charge in [0.15, 0.2) is 6.10 Å². The quantitative estimate of drug-likeness (QED) is 0.0213. The first-order valence-electron chi connectivity index (χ1n) is 23.3. The molecule has 2 unspecified atom stereocenters. The first kappa shape index (κ1) is 58.4. The molecule has 0 rings (SSSR count). The Morgan fingerprint density at radius 1 is 0.476 bits per heavy atom. The van der Waals surface area contributed by atoms with Crippen molar-refractivity contribution in [1.29, 1.82) is 0 Å². The first-order valence-corrected chi connectivity index (χ1v) is 23.3. The molecule has 352 valence electrons. The fourth-order valence-corrected chi connectivity index (χ4v) is 5.34. The molecule has 9 nitrogen and oxygen atoms in total. The van der Waals surface area contributed by atoms with Gasteiger partial charge in [0, 0.05) is 12.8 Å². The molecule has 9 heteroatoms. The maximum Gasteiger partial charge on any atom is 0.361 e. The van der Waals surface area contributed by atoms with Crippen LogP contribution < -0.4 is 0 Å². The summed E-state index contributed by atoms with van der Waals surface area (Å²) in [4.78, 5) is 37.1. The maximum absolute atomic E-state index is 12.8. The van der Waals surface area contributed by atoms with Gasteiger partial charge in [0.1, 0.15) is 13.2 Å². The van der Waals surface area contributed by atoms with Crippen LogP contribution in [0.4, 0.5) is 0 Å². The van der Waals surface area contributed by atoms with E-state index in [0.29, 0.717) is 30.3 Å². The SMILES string of the molecule is CC/C=C\C/C=C\C/C=C\C/C=C\C/C=C\C/C=C\C/C=C\CCCC(=O)OC(COC(=O)CCCC/C=C\C/C=C\C/C=C\C/C=C\CC)COC(OCC[N+](C)(C)C)C(=O)O. The summed E-state index contributed by atoms with van der Waals surface area (Å²) in [6.07, 6.45) is 59.6. The van der Waals surface area contributed by atoms with Crippen molar-refractivity contribution in [2.24, 2.45) is 0 Å². The highest BCUT2D eigenvalue weighted by molar-refractivity contribution is 5.71. The Bertz CT molecular complexity index is 1480. The topological polar surface area (TPSA) is 108 Å². The summed E-state index contributed by atoms with van der Waals surface area (Å²) in [6, 6.07) is 0. The highest BCUT2D eigenvalue weighted by atomic mass is 16.7. The number of nitrogens with zero attached hydrogens (tertiary/aromatic N) is 1. The predicted octanol–water partition coefficient (Wildman–Crippen LogP) is 12.8. The molecule has 0 saturated carbocycles. The molecule has 0 heterocycles. The highest BCUT2D eigenvalue weighted by Crippen LogP contribution is 2.09. The van der Waals surface area contributed by atoms with E-state index in [2.05, 4.69) is 141 Å². The van der Waals surface area contributed by atoms with Crippen LogP contribution in [-0.4, -0.2) is 87.4 Å². The minimum atomic E-state index is -1.54. The number of aliphatic carboxylic acids is 1. The fraction of sp³-hybridized carbons (Fsp3) is 0.537. The van der Waals surface area contributed by atoms with Gasteiger partial charge in [0.05, 0.1) is 34.4 Å². The molecular formula is C54H84NO8+. The summed E-state index contributed by atoms with van der Waals surface area (Å²) in [7, 11) is 5.91. The number of carboxylic acids is 1. The number of hydrogen-bond donors (Lipinski definition) is 1. The highest BCUT2D eigenvalue weighted by Gasteiger charge is 2.25. The molecule has 0 amide bonds. The average molecular weight is 875 g/mol. The molecule has 0 aliphatic heterocycles. The largest absolute Gasteiger partial charge is 0.477 e. The molecule has 0 aromatic rings. The van der Waals surface area contributed by atoms with Crippen LogP contribution in [0.15, 0.2) is 134 Å². The number of likely N-dealkylation sites (N-methyl/N-ethyl adjacent to an activating group) is 1. The minimum Gasteiger partial charge on any atom is -0.477 e. The Hall–Kier alpha value is -4.57. The standard InChI is InChI=1S/C54H83NO8/c1-6-8-10-12-14-16-18-20-22-23-24-25-26-27-28-29-31-33-35-37-39-41-43-45-52(57)63-50(49-62-54(53(58)59)60-47-46-55(3,4)5)48-61-51(56)44-42-40-38-36-34-32-30-21-19-17-15-13-11-9-7-2/h8-11,14-17,20-22,24-25,27-28,30-31,33-34,36-37,39,50,54H,6-7,12-13,18-19,23,26,29,32,35,38,40-49H2,1-5H3/p+1/b10-8-,11-9-,16-14-,17-15-,22-20-,25-24-,28-27-,30-21-,33-31-,36-34-,39-37-. The third-order valence-electron chi connectivity index (χ3n) is 8.90. The van der Waals surface area contributed by atoms with Crippen molar-refractivity contribution in [3.8, 4) is 0 Å². The third kappa shape index (κ3) is 45.3. The molecule has 0 spiro atoms. The summed E-state index contributed by atoms with van der Waals surface area (Å²) in [5.41, 5.74) is 0. The van der Waals surface area contributed by atoms with Crippen molar-refractivity contribution in [2.45, 2.75) is 142 Å². The fourth-order valence-electron chi connectivity index (χ4n) is 5.34. The molecule has 2 atom stereocenters. The number of quaternary nitrogens is 1. The van der Waals surface area contributed by atoms with Gasteiger partial charge in [-0.1, -0.05) is 148 Å². The first-order chi connectivity index (χ1) is 30.6. The van der Waals surface area contributed by atoms with Gasteiger partial charge in [-0.2, -0.15) is 0 Å². The van der Waals surface area contributed by atoms with Crippen LogP contribution in [0.2, 0.25) is 0 Å². The van der Waals surface area contributed by atoms with Gasteiger partial charge >= 0.3 is 17.9 Å².